The Kier molecular flexibility index (Phi) is 3.74. The minimum Gasteiger partial charge on any atom is -0.0622 e. The van der Waals surface area contributed by atoms with Crippen LogP contribution in [-0.2, 0) is 0 Å². The lowest BCUT2D eigenvalue weighted by Gasteiger charge is -2.25. The fourth-order valence-electron chi connectivity index (χ4n) is 1.85. The Morgan fingerprint density at radius 2 is 1.71 bits per heavy atom. The molecule has 1 aromatic rings. The molecule has 0 heterocycles. The summed E-state index contributed by atoms with van der Waals surface area (Å²) >= 11 is 0. The van der Waals surface area contributed by atoms with E-state index in [1.54, 1.807) is 0 Å². The summed E-state index contributed by atoms with van der Waals surface area (Å²) in [5.41, 5.74) is 1.82. The standard InChI is InChI=1S/C14H21/c1-5-12(11-14(2,3)4)13-9-7-6-8-10-13/h6-10,12H,1,5,11H2,2-4H3. The molecule has 0 amide bonds. The van der Waals surface area contributed by atoms with E-state index in [4.69, 9.17) is 0 Å². The van der Waals surface area contributed by atoms with Gasteiger partial charge >= 0.3 is 0 Å². The van der Waals surface area contributed by atoms with Crippen LogP contribution in [0.3, 0.4) is 0 Å². The molecular formula is C14H21. The molecule has 0 saturated carbocycles. The molecule has 0 fully saturated rings. The highest BCUT2D eigenvalue weighted by Crippen LogP contribution is 2.32. The first-order chi connectivity index (χ1) is 6.53. The van der Waals surface area contributed by atoms with Crippen molar-refractivity contribution in [3.05, 3.63) is 42.8 Å². The molecule has 1 rings (SSSR count). The molecule has 0 aliphatic heterocycles. The van der Waals surface area contributed by atoms with Crippen LogP contribution in [0.5, 0.6) is 0 Å². The Morgan fingerprint density at radius 3 is 2.14 bits per heavy atom. The monoisotopic (exact) mass is 189 g/mol. The summed E-state index contributed by atoms with van der Waals surface area (Å²) in [6.45, 7) is 10.9. The highest BCUT2D eigenvalue weighted by atomic mass is 14.2. The van der Waals surface area contributed by atoms with Gasteiger partial charge in [0.1, 0.15) is 0 Å². The molecule has 0 spiro atoms. The molecule has 1 aromatic carbocycles. The number of rotatable bonds is 3. The zero-order valence-electron chi connectivity index (χ0n) is 9.59. The van der Waals surface area contributed by atoms with Gasteiger partial charge in [0, 0.05) is 0 Å². The van der Waals surface area contributed by atoms with E-state index in [1.165, 1.54) is 12.0 Å². The molecule has 0 heteroatoms. The van der Waals surface area contributed by atoms with Gasteiger partial charge in [0.15, 0.2) is 0 Å². The van der Waals surface area contributed by atoms with Crippen molar-refractivity contribution in [3.8, 4) is 0 Å². The molecule has 0 aliphatic rings. The van der Waals surface area contributed by atoms with Crippen LogP contribution < -0.4 is 0 Å². The smallest absolute Gasteiger partial charge is 0.0157 e. The van der Waals surface area contributed by atoms with Crippen molar-refractivity contribution in [1.82, 2.24) is 0 Å². The molecule has 0 aliphatic carbocycles. The van der Waals surface area contributed by atoms with Crippen molar-refractivity contribution in [2.24, 2.45) is 5.41 Å². The molecule has 0 N–H and O–H groups in total. The van der Waals surface area contributed by atoms with Crippen LogP contribution in [-0.4, -0.2) is 0 Å². The Morgan fingerprint density at radius 1 is 1.14 bits per heavy atom. The summed E-state index contributed by atoms with van der Waals surface area (Å²) in [6.07, 6.45) is 2.20. The molecule has 0 nitrogen and oxygen atoms in total. The van der Waals surface area contributed by atoms with Crippen LogP contribution in [0.2, 0.25) is 0 Å². The first kappa shape index (κ1) is 11.3. The van der Waals surface area contributed by atoms with Crippen LogP contribution in [0.1, 0.15) is 45.1 Å². The fourth-order valence-corrected chi connectivity index (χ4v) is 1.85. The van der Waals surface area contributed by atoms with Gasteiger partial charge in [-0.25, -0.2) is 0 Å². The average molecular weight is 189 g/mol. The Bertz CT molecular complexity index is 253. The number of benzene rings is 1. The first-order valence-corrected chi connectivity index (χ1v) is 5.37. The maximum Gasteiger partial charge on any atom is -0.0157 e. The van der Waals surface area contributed by atoms with Crippen LogP contribution in [0.15, 0.2) is 30.3 Å². The second-order valence-electron chi connectivity index (χ2n) is 5.16. The van der Waals surface area contributed by atoms with Gasteiger partial charge in [-0.05, 0) is 29.7 Å². The van der Waals surface area contributed by atoms with Gasteiger partial charge in [0.05, 0.1) is 0 Å². The van der Waals surface area contributed by atoms with E-state index in [0.717, 1.165) is 6.42 Å². The summed E-state index contributed by atoms with van der Waals surface area (Å²) in [6, 6.07) is 10.7. The molecular weight excluding hydrogens is 168 g/mol. The first-order valence-electron chi connectivity index (χ1n) is 5.37. The summed E-state index contributed by atoms with van der Waals surface area (Å²) in [5.74, 6) is 0.608. The maximum absolute atomic E-state index is 4.05. The Balaban J connectivity index is 2.73. The lowest BCUT2D eigenvalue weighted by atomic mass is 9.80. The van der Waals surface area contributed by atoms with Crippen LogP contribution in [0.4, 0.5) is 0 Å². The third-order valence-corrected chi connectivity index (χ3v) is 2.48. The molecule has 1 unspecified atom stereocenters. The highest BCUT2D eigenvalue weighted by Gasteiger charge is 2.18. The second kappa shape index (κ2) is 4.63. The zero-order valence-corrected chi connectivity index (χ0v) is 9.59. The summed E-state index contributed by atoms with van der Waals surface area (Å²) in [7, 11) is 0. The van der Waals surface area contributed by atoms with Gasteiger partial charge in [-0.15, -0.1) is 0 Å². The Hall–Kier alpha value is -0.780. The van der Waals surface area contributed by atoms with E-state index in [1.807, 2.05) is 0 Å². The van der Waals surface area contributed by atoms with Crippen molar-refractivity contribution in [1.29, 1.82) is 0 Å². The number of hydrogen-bond donors (Lipinski definition) is 0. The maximum atomic E-state index is 4.05. The molecule has 0 saturated heterocycles. The van der Waals surface area contributed by atoms with E-state index in [2.05, 4.69) is 58.0 Å². The van der Waals surface area contributed by atoms with Gasteiger partial charge in [-0.3, -0.25) is 0 Å². The van der Waals surface area contributed by atoms with Gasteiger partial charge in [0.2, 0.25) is 0 Å². The second-order valence-corrected chi connectivity index (χ2v) is 5.16. The van der Waals surface area contributed by atoms with Crippen molar-refractivity contribution in [2.45, 2.75) is 39.5 Å². The quantitative estimate of drug-likeness (QED) is 0.660. The molecule has 1 radical (unpaired) electrons. The third kappa shape index (κ3) is 3.53. The molecule has 14 heavy (non-hydrogen) atoms. The highest BCUT2D eigenvalue weighted by molar-refractivity contribution is 5.19. The summed E-state index contributed by atoms with van der Waals surface area (Å²) in [4.78, 5) is 0. The minimum absolute atomic E-state index is 0.387. The van der Waals surface area contributed by atoms with Crippen LogP contribution in [0, 0.1) is 12.3 Å². The molecule has 0 bridgehead atoms. The van der Waals surface area contributed by atoms with E-state index in [-0.39, 0.29) is 0 Å². The van der Waals surface area contributed by atoms with Crippen molar-refractivity contribution >= 4 is 0 Å². The zero-order chi connectivity index (χ0) is 10.6. The minimum atomic E-state index is 0.387. The Labute approximate surface area is 88.4 Å². The molecule has 0 aromatic heterocycles. The SMILES string of the molecule is [CH2]CC(CC(C)(C)C)c1ccccc1. The average Bonchev–Trinajstić information content (AvgIpc) is 2.14. The third-order valence-electron chi connectivity index (χ3n) is 2.48. The van der Waals surface area contributed by atoms with E-state index < -0.39 is 0 Å². The van der Waals surface area contributed by atoms with Crippen molar-refractivity contribution in [2.75, 3.05) is 0 Å². The predicted octanol–water partition coefficient (Wildman–Crippen LogP) is 4.43. The van der Waals surface area contributed by atoms with Crippen molar-refractivity contribution in [3.63, 3.8) is 0 Å². The lowest BCUT2D eigenvalue weighted by molar-refractivity contribution is 0.339. The topological polar surface area (TPSA) is 0 Å². The van der Waals surface area contributed by atoms with E-state index in [9.17, 15) is 0 Å². The van der Waals surface area contributed by atoms with Crippen LogP contribution in [0.25, 0.3) is 0 Å². The van der Waals surface area contributed by atoms with Crippen LogP contribution >= 0.6 is 0 Å². The summed E-state index contributed by atoms with van der Waals surface area (Å²) in [5, 5.41) is 0. The lowest BCUT2D eigenvalue weighted by Crippen LogP contribution is -2.11. The fraction of sp³-hybridized carbons (Fsp3) is 0.500. The van der Waals surface area contributed by atoms with Crippen molar-refractivity contribution < 1.29 is 0 Å². The molecule has 77 valence electrons. The normalized spacial score (nSPS) is 14.0. The van der Waals surface area contributed by atoms with Gasteiger partial charge in [-0.2, -0.15) is 0 Å². The number of hydrogen-bond acceptors (Lipinski definition) is 0. The summed E-state index contributed by atoms with van der Waals surface area (Å²) < 4.78 is 0. The van der Waals surface area contributed by atoms with Gasteiger partial charge < -0.3 is 0 Å². The molecule has 1 atom stereocenters. The largest absolute Gasteiger partial charge is 0.0622 e. The van der Waals surface area contributed by atoms with E-state index >= 15 is 0 Å². The van der Waals surface area contributed by atoms with E-state index in [0.29, 0.717) is 11.3 Å². The predicted molar refractivity (Wildman–Crippen MR) is 63.2 cm³/mol. The van der Waals surface area contributed by atoms with Gasteiger partial charge in [0.25, 0.3) is 0 Å². The van der Waals surface area contributed by atoms with Gasteiger partial charge in [-0.1, -0.05) is 58.0 Å².